The Balaban J connectivity index is 2.26. The van der Waals surface area contributed by atoms with Crippen LogP contribution in [0.3, 0.4) is 0 Å². The number of hydrogen-bond donors (Lipinski definition) is 1. The second kappa shape index (κ2) is 5.52. The molecule has 0 aliphatic carbocycles. The zero-order chi connectivity index (χ0) is 12.3. The largest absolute Gasteiger partial charge is 0.396 e. The Kier molecular flexibility index (Phi) is 4.02. The van der Waals surface area contributed by atoms with Crippen LogP contribution in [-0.4, -0.2) is 37.5 Å². The summed E-state index contributed by atoms with van der Waals surface area (Å²) >= 11 is 0. The highest BCUT2D eigenvalue weighted by molar-refractivity contribution is 5.57. The fourth-order valence-electron chi connectivity index (χ4n) is 2.41. The van der Waals surface area contributed by atoms with E-state index in [0.717, 1.165) is 19.6 Å². The van der Waals surface area contributed by atoms with Crippen molar-refractivity contribution < 1.29 is 9.84 Å². The lowest BCUT2D eigenvalue weighted by Crippen LogP contribution is -2.46. The molecule has 0 bridgehead atoms. The molecule has 1 aliphatic heterocycles. The molecule has 0 saturated carbocycles. The zero-order valence-corrected chi connectivity index (χ0v) is 10.6. The molecule has 3 nitrogen and oxygen atoms in total. The first kappa shape index (κ1) is 12.4. The Morgan fingerprint density at radius 2 is 2.24 bits per heavy atom. The monoisotopic (exact) mass is 235 g/mol. The van der Waals surface area contributed by atoms with Crippen LogP contribution in [0.4, 0.5) is 5.69 Å². The Hall–Kier alpha value is -1.06. The van der Waals surface area contributed by atoms with Gasteiger partial charge in [0.2, 0.25) is 0 Å². The molecule has 2 rings (SSSR count). The first-order valence-electron chi connectivity index (χ1n) is 6.25. The molecule has 1 fully saturated rings. The van der Waals surface area contributed by atoms with Crippen LogP contribution in [0.2, 0.25) is 0 Å². The van der Waals surface area contributed by atoms with E-state index in [1.165, 1.54) is 16.8 Å². The van der Waals surface area contributed by atoms with Crippen molar-refractivity contribution in [3.05, 3.63) is 29.3 Å². The predicted octanol–water partition coefficient (Wildman–Crippen LogP) is 1.89. The zero-order valence-electron chi connectivity index (χ0n) is 10.6. The summed E-state index contributed by atoms with van der Waals surface area (Å²) < 4.78 is 5.50. The van der Waals surface area contributed by atoms with E-state index in [-0.39, 0.29) is 6.61 Å². The molecule has 0 amide bonds. The van der Waals surface area contributed by atoms with Gasteiger partial charge in [0, 0.05) is 18.8 Å². The van der Waals surface area contributed by atoms with Crippen LogP contribution in [0.5, 0.6) is 0 Å². The van der Waals surface area contributed by atoms with Crippen LogP contribution < -0.4 is 4.90 Å². The first-order chi connectivity index (χ1) is 8.24. The van der Waals surface area contributed by atoms with Crippen molar-refractivity contribution in [1.29, 1.82) is 0 Å². The molecular weight excluding hydrogens is 214 g/mol. The third-order valence-electron chi connectivity index (χ3n) is 3.58. The van der Waals surface area contributed by atoms with Gasteiger partial charge >= 0.3 is 0 Å². The SMILES string of the molecule is Cc1cccc(N2CCOCC2CCO)c1C. The molecule has 1 aromatic rings. The number of nitrogens with zero attached hydrogens (tertiary/aromatic N) is 1. The Labute approximate surface area is 103 Å². The van der Waals surface area contributed by atoms with Crippen LogP contribution in [0.15, 0.2) is 18.2 Å². The van der Waals surface area contributed by atoms with Gasteiger partial charge in [-0.2, -0.15) is 0 Å². The number of rotatable bonds is 3. The Morgan fingerprint density at radius 1 is 1.41 bits per heavy atom. The maximum Gasteiger partial charge on any atom is 0.0671 e. The normalized spacial score (nSPS) is 20.6. The molecule has 1 N–H and O–H groups in total. The number of ether oxygens (including phenoxy) is 1. The summed E-state index contributed by atoms with van der Waals surface area (Å²) in [4.78, 5) is 2.38. The van der Waals surface area contributed by atoms with Crippen molar-refractivity contribution in [2.75, 3.05) is 31.3 Å². The van der Waals surface area contributed by atoms with Crippen molar-refractivity contribution in [3.8, 4) is 0 Å². The second-order valence-corrected chi connectivity index (χ2v) is 4.65. The molecule has 0 spiro atoms. The molecule has 1 unspecified atom stereocenters. The number of benzene rings is 1. The van der Waals surface area contributed by atoms with Gasteiger partial charge in [-0.25, -0.2) is 0 Å². The smallest absolute Gasteiger partial charge is 0.0671 e. The van der Waals surface area contributed by atoms with Crippen LogP contribution in [0, 0.1) is 13.8 Å². The van der Waals surface area contributed by atoms with E-state index in [9.17, 15) is 0 Å². The van der Waals surface area contributed by atoms with Crippen molar-refractivity contribution in [3.63, 3.8) is 0 Å². The summed E-state index contributed by atoms with van der Waals surface area (Å²) in [6.45, 7) is 6.92. The standard InChI is InChI=1S/C14H21NO2/c1-11-4-3-5-14(12(11)2)15-7-9-17-10-13(15)6-8-16/h3-5,13,16H,6-10H2,1-2H3. The molecule has 1 aliphatic rings. The minimum Gasteiger partial charge on any atom is -0.396 e. The maximum atomic E-state index is 9.12. The van der Waals surface area contributed by atoms with Crippen LogP contribution in [0.25, 0.3) is 0 Å². The van der Waals surface area contributed by atoms with Gasteiger partial charge in [-0.1, -0.05) is 12.1 Å². The van der Waals surface area contributed by atoms with E-state index in [1.54, 1.807) is 0 Å². The lowest BCUT2D eigenvalue weighted by Gasteiger charge is -2.38. The molecule has 0 aromatic heterocycles. The number of aliphatic hydroxyl groups excluding tert-OH is 1. The third kappa shape index (κ3) is 2.61. The lowest BCUT2D eigenvalue weighted by atomic mass is 10.0. The van der Waals surface area contributed by atoms with E-state index in [1.807, 2.05) is 0 Å². The van der Waals surface area contributed by atoms with E-state index in [4.69, 9.17) is 9.84 Å². The number of aryl methyl sites for hydroxylation is 1. The molecule has 17 heavy (non-hydrogen) atoms. The van der Waals surface area contributed by atoms with Crippen LogP contribution in [0.1, 0.15) is 17.5 Å². The van der Waals surface area contributed by atoms with Crippen molar-refractivity contribution in [2.24, 2.45) is 0 Å². The van der Waals surface area contributed by atoms with Gasteiger partial charge in [0.05, 0.1) is 19.3 Å². The predicted molar refractivity (Wildman–Crippen MR) is 69.6 cm³/mol. The van der Waals surface area contributed by atoms with E-state index >= 15 is 0 Å². The third-order valence-corrected chi connectivity index (χ3v) is 3.58. The number of morpholine rings is 1. The topological polar surface area (TPSA) is 32.7 Å². The van der Waals surface area contributed by atoms with Gasteiger partial charge in [-0.15, -0.1) is 0 Å². The Bertz CT molecular complexity index is 376. The summed E-state index contributed by atoms with van der Waals surface area (Å²) in [5.74, 6) is 0. The van der Waals surface area contributed by atoms with Gasteiger partial charge in [-0.3, -0.25) is 0 Å². The fraction of sp³-hybridized carbons (Fsp3) is 0.571. The quantitative estimate of drug-likeness (QED) is 0.868. The molecule has 1 aromatic carbocycles. The molecule has 1 heterocycles. The number of hydrogen-bond acceptors (Lipinski definition) is 3. The molecular formula is C14H21NO2. The summed E-state index contributed by atoms with van der Waals surface area (Å²) in [7, 11) is 0. The Morgan fingerprint density at radius 3 is 3.00 bits per heavy atom. The highest BCUT2D eigenvalue weighted by Crippen LogP contribution is 2.26. The molecule has 0 radical (unpaired) electrons. The van der Waals surface area contributed by atoms with Gasteiger partial charge in [0.25, 0.3) is 0 Å². The minimum absolute atomic E-state index is 0.218. The molecule has 1 atom stereocenters. The fourth-order valence-corrected chi connectivity index (χ4v) is 2.41. The van der Waals surface area contributed by atoms with Crippen LogP contribution >= 0.6 is 0 Å². The second-order valence-electron chi connectivity index (χ2n) is 4.65. The van der Waals surface area contributed by atoms with Crippen molar-refractivity contribution in [2.45, 2.75) is 26.3 Å². The highest BCUT2D eigenvalue weighted by Gasteiger charge is 2.23. The number of aliphatic hydroxyl groups is 1. The molecule has 3 heteroatoms. The average Bonchev–Trinajstić information content (AvgIpc) is 2.34. The van der Waals surface area contributed by atoms with E-state index in [0.29, 0.717) is 12.6 Å². The summed E-state index contributed by atoms with van der Waals surface area (Å²) in [6.07, 6.45) is 0.771. The van der Waals surface area contributed by atoms with Gasteiger partial charge in [-0.05, 0) is 37.5 Å². The van der Waals surface area contributed by atoms with E-state index < -0.39 is 0 Å². The summed E-state index contributed by atoms with van der Waals surface area (Å²) in [5.41, 5.74) is 3.93. The van der Waals surface area contributed by atoms with Crippen LogP contribution in [-0.2, 0) is 4.74 Å². The molecule has 1 saturated heterocycles. The summed E-state index contributed by atoms with van der Waals surface area (Å²) in [5, 5.41) is 9.12. The van der Waals surface area contributed by atoms with Gasteiger partial charge in [0.1, 0.15) is 0 Å². The van der Waals surface area contributed by atoms with Crippen molar-refractivity contribution >= 4 is 5.69 Å². The van der Waals surface area contributed by atoms with E-state index in [2.05, 4.69) is 36.9 Å². The molecule has 94 valence electrons. The van der Waals surface area contributed by atoms with Gasteiger partial charge in [0.15, 0.2) is 0 Å². The van der Waals surface area contributed by atoms with Gasteiger partial charge < -0.3 is 14.7 Å². The van der Waals surface area contributed by atoms with Crippen molar-refractivity contribution in [1.82, 2.24) is 0 Å². The first-order valence-corrected chi connectivity index (χ1v) is 6.25. The summed E-state index contributed by atoms with van der Waals surface area (Å²) in [6, 6.07) is 6.70. The average molecular weight is 235 g/mol. The minimum atomic E-state index is 0.218. The maximum absolute atomic E-state index is 9.12. The number of anilines is 1. The highest BCUT2D eigenvalue weighted by atomic mass is 16.5. The lowest BCUT2D eigenvalue weighted by molar-refractivity contribution is 0.0849.